The van der Waals surface area contributed by atoms with E-state index in [2.05, 4.69) is 10.6 Å². The van der Waals surface area contributed by atoms with Crippen molar-refractivity contribution >= 4 is 23.4 Å². The van der Waals surface area contributed by atoms with Crippen LogP contribution in [0.25, 0.3) is 11.1 Å². The fourth-order valence-electron chi connectivity index (χ4n) is 4.25. The number of benzene rings is 2. The van der Waals surface area contributed by atoms with E-state index in [4.69, 9.17) is 5.73 Å². The molecule has 36 heavy (non-hydrogen) atoms. The molecule has 6 nitrogen and oxygen atoms in total. The average molecular weight is 515 g/mol. The van der Waals surface area contributed by atoms with Gasteiger partial charge in [-0.15, -0.1) is 0 Å². The second kappa shape index (κ2) is 10.6. The quantitative estimate of drug-likeness (QED) is 0.438. The molecule has 1 aliphatic rings. The lowest BCUT2D eigenvalue weighted by molar-refractivity contribution is -0.152. The smallest absolute Gasteiger partial charge is 0.369 e. The van der Waals surface area contributed by atoms with E-state index in [1.54, 1.807) is 48.5 Å². The predicted octanol–water partition coefficient (Wildman–Crippen LogP) is 4.87. The van der Waals surface area contributed by atoms with Crippen molar-refractivity contribution in [1.29, 1.82) is 0 Å². The number of carbonyl (C=O) groups is 3. The number of carbonyl (C=O) groups excluding carboxylic acids is 3. The first-order chi connectivity index (χ1) is 16.8. The van der Waals surface area contributed by atoms with Crippen LogP contribution >= 0.6 is 0 Å². The molecule has 0 spiro atoms. The molecule has 0 saturated heterocycles. The van der Waals surface area contributed by atoms with Gasteiger partial charge in [0.1, 0.15) is 6.04 Å². The number of fused-ring (bicyclic) bond motifs is 3. The van der Waals surface area contributed by atoms with E-state index < -0.39 is 73.6 Å². The van der Waals surface area contributed by atoms with Crippen molar-refractivity contribution < 1.29 is 40.7 Å². The van der Waals surface area contributed by atoms with E-state index in [-0.39, 0.29) is 0 Å². The van der Waals surface area contributed by atoms with Gasteiger partial charge in [0.25, 0.3) is 5.91 Å². The predicted molar refractivity (Wildman–Crippen MR) is 118 cm³/mol. The number of amides is 3. The maximum Gasteiger partial charge on any atom is 0.389 e. The molecule has 0 aromatic heterocycles. The van der Waals surface area contributed by atoms with Crippen molar-refractivity contribution in [1.82, 2.24) is 5.32 Å². The van der Waals surface area contributed by atoms with E-state index in [0.717, 1.165) is 0 Å². The summed E-state index contributed by atoms with van der Waals surface area (Å²) in [6.07, 6.45) is -14.4. The van der Waals surface area contributed by atoms with Gasteiger partial charge in [-0.3, -0.25) is 14.4 Å². The molecule has 3 atom stereocenters. The van der Waals surface area contributed by atoms with Crippen LogP contribution in [0.4, 0.5) is 32.0 Å². The highest BCUT2D eigenvalue weighted by Gasteiger charge is 2.41. The van der Waals surface area contributed by atoms with Crippen molar-refractivity contribution in [2.24, 2.45) is 17.6 Å². The second-order valence-electron chi connectivity index (χ2n) is 8.49. The summed E-state index contributed by atoms with van der Waals surface area (Å²) in [6, 6.07) is 11.9. The van der Waals surface area contributed by atoms with Crippen molar-refractivity contribution in [3.05, 3.63) is 54.1 Å². The van der Waals surface area contributed by atoms with Crippen LogP contribution in [0.1, 0.15) is 37.3 Å². The third kappa shape index (κ3) is 6.76. The molecule has 0 radical (unpaired) electrons. The third-order valence-electron chi connectivity index (χ3n) is 5.96. The molecule has 2 aromatic rings. The molecule has 0 fully saturated rings. The summed E-state index contributed by atoms with van der Waals surface area (Å²) in [5.74, 6) is -6.88. The highest BCUT2D eigenvalue weighted by atomic mass is 19.4. The zero-order valence-corrected chi connectivity index (χ0v) is 18.7. The van der Waals surface area contributed by atoms with Crippen LogP contribution in [0.5, 0.6) is 0 Å². The van der Waals surface area contributed by atoms with Crippen LogP contribution in [0, 0.1) is 11.8 Å². The van der Waals surface area contributed by atoms with E-state index in [1.165, 1.54) is 0 Å². The zero-order chi connectivity index (χ0) is 26.7. The van der Waals surface area contributed by atoms with E-state index >= 15 is 0 Å². The maximum absolute atomic E-state index is 13.2. The lowest BCUT2D eigenvalue weighted by atomic mass is 9.83. The molecule has 0 saturated carbocycles. The Balaban J connectivity index is 1.95. The number of nitrogens with two attached hydrogens (primary N) is 1. The molecule has 3 amide bonds. The number of anilines is 1. The molecular formula is C24H23F6N3O3. The summed E-state index contributed by atoms with van der Waals surface area (Å²) in [5.41, 5.74) is 7.17. The molecule has 2 aromatic carbocycles. The highest BCUT2D eigenvalue weighted by Crippen LogP contribution is 2.38. The SMILES string of the molecule is NC(=O)[C@H](CCC(F)(F)F)[C@H](CCC(F)(F)F)C(=O)N[C@@H]1C(=O)Nc2ccccc2-c2ccccc21. The van der Waals surface area contributed by atoms with Gasteiger partial charge in [-0.25, -0.2) is 0 Å². The molecule has 194 valence electrons. The molecule has 0 bridgehead atoms. The molecule has 0 aliphatic carbocycles. The fraction of sp³-hybridized carbons (Fsp3) is 0.375. The first-order valence-electron chi connectivity index (χ1n) is 11.0. The zero-order valence-electron chi connectivity index (χ0n) is 18.7. The average Bonchev–Trinajstić information content (AvgIpc) is 2.89. The van der Waals surface area contributed by atoms with Gasteiger partial charge in [-0.05, 0) is 30.0 Å². The van der Waals surface area contributed by atoms with Crippen LogP contribution in [0.3, 0.4) is 0 Å². The summed E-state index contributed by atoms with van der Waals surface area (Å²) in [4.78, 5) is 38.2. The standard InChI is InChI=1S/C24H23F6N3O3/c25-23(26,27)11-9-16(20(31)34)17(10-12-24(28,29)30)21(35)33-19-15-7-2-1-5-13(15)14-6-3-4-8-18(14)32-22(19)36/h1-8,16-17,19H,9-12H2,(H2,31,34)(H,32,36)(H,33,35)/t16-,17+,19+/m1/s1. The summed E-state index contributed by atoms with van der Waals surface area (Å²) in [7, 11) is 0. The number of primary amides is 1. The van der Waals surface area contributed by atoms with Gasteiger partial charge in [0.05, 0.1) is 0 Å². The topological polar surface area (TPSA) is 101 Å². The lowest BCUT2D eigenvalue weighted by Gasteiger charge is -2.27. The van der Waals surface area contributed by atoms with Gasteiger partial charge in [-0.1, -0.05) is 42.5 Å². The Morgan fingerprint density at radius 2 is 1.39 bits per heavy atom. The molecule has 3 rings (SSSR count). The van der Waals surface area contributed by atoms with Crippen LogP contribution in [0.15, 0.2) is 48.5 Å². The maximum atomic E-state index is 13.2. The number of alkyl halides is 6. The Kier molecular flexibility index (Phi) is 7.95. The van der Waals surface area contributed by atoms with Gasteiger partial charge < -0.3 is 16.4 Å². The molecule has 4 N–H and O–H groups in total. The first-order valence-corrected chi connectivity index (χ1v) is 11.0. The Morgan fingerprint density at radius 1 is 0.861 bits per heavy atom. The van der Waals surface area contributed by atoms with Gasteiger partial charge in [-0.2, -0.15) is 26.3 Å². The van der Waals surface area contributed by atoms with Crippen LogP contribution in [0.2, 0.25) is 0 Å². The number of para-hydroxylation sites is 1. The summed E-state index contributed by atoms with van der Waals surface area (Å²) >= 11 is 0. The number of rotatable bonds is 8. The van der Waals surface area contributed by atoms with Crippen molar-refractivity contribution in [3.8, 4) is 11.1 Å². The summed E-state index contributed by atoms with van der Waals surface area (Å²) in [5, 5.41) is 5.00. The minimum atomic E-state index is -4.74. The summed E-state index contributed by atoms with van der Waals surface area (Å²) in [6.45, 7) is 0. The molecule has 1 heterocycles. The molecule has 12 heteroatoms. The fourth-order valence-corrected chi connectivity index (χ4v) is 4.25. The number of nitrogens with one attached hydrogen (secondary N) is 2. The van der Waals surface area contributed by atoms with E-state index in [1.807, 2.05) is 0 Å². The van der Waals surface area contributed by atoms with Gasteiger partial charge in [0.15, 0.2) is 0 Å². The molecule has 0 unspecified atom stereocenters. The Hall–Kier alpha value is -3.57. The van der Waals surface area contributed by atoms with Crippen LogP contribution in [-0.2, 0) is 14.4 Å². The van der Waals surface area contributed by atoms with Crippen molar-refractivity contribution in [3.63, 3.8) is 0 Å². The lowest BCUT2D eigenvalue weighted by Crippen LogP contribution is -2.45. The van der Waals surface area contributed by atoms with Crippen LogP contribution < -0.4 is 16.4 Å². The highest BCUT2D eigenvalue weighted by molar-refractivity contribution is 6.04. The van der Waals surface area contributed by atoms with Crippen molar-refractivity contribution in [2.75, 3.05) is 5.32 Å². The number of halogens is 6. The minimum Gasteiger partial charge on any atom is -0.369 e. The van der Waals surface area contributed by atoms with Gasteiger partial charge >= 0.3 is 12.4 Å². The normalized spacial score (nSPS) is 17.2. The second-order valence-corrected chi connectivity index (χ2v) is 8.49. The first kappa shape index (κ1) is 27.0. The molecular weight excluding hydrogens is 492 g/mol. The van der Waals surface area contributed by atoms with Gasteiger partial charge in [0, 0.05) is 35.9 Å². The van der Waals surface area contributed by atoms with E-state index in [9.17, 15) is 40.7 Å². The largest absolute Gasteiger partial charge is 0.389 e. The minimum absolute atomic E-state index is 0.328. The Morgan fingerprint density at radius 3 is 1.97 bits per heavy atom. The van der Waals surface area contributed by atoms with Gasteiger partial charge in [0.2, 0.25) is 11.8 Å². The third-order valence-corrected chi connectivity index (χ3v) is 5.96. The number of hydrogen-bond donors (Lipinski definition) is 3. The summed E-state index contributed by atoms with van der Waals surface area (Å²) < 4.78 is 77.2. The van der Waals surface area contributed by atoms with E-state index in [0.29, 0.717) is 22.4 Å². The van der Waals surface area contributed by atoms with Crippen molar-refractivity contribution in [2.45, 2.75) is 44.1 Å². The van der Waals surface area contributed by atoms with Crippen LogP contribution in [-0.4, -0.2) is 30.1 Å². The Labute approximate surface area is 202 Å². The Bertz CT molecular complexity index is 1130. The number of hydrogen-bond acceptors (Lipinski definition) is 3. The molecule has 1 aliphatic heterocycles. The monoisotopic (exact) mass is 515 g/mol.